The van der Waals surface area contributed by atoms with Crippen LogP contribution < -0.4 is 5.32 Å². The van der Waals surface area contributed by atoms with Crippen LogP contribution in [0.3, 0.4) is 0 Å². The first-order valence-corrected chi connectivity index (χ1v) is 8.69. The summed E-state index contributed by atoms with van der Waals surface area (Å²) in [6.45, 7) is 9.33. The van der Waals surface area contributed by atoms with E-state index in [2.05, 4.69) is 33.0 Å². The molecular weight excluding hydrogens is 270 g/mol. The third-order valence-corrected chi connectivity index (χ3v) is 3.67. The lowest BCUT2D eigenvalue weighted by molar-refractivity contribution is -0.121. The fourth-order valence-electron chi connectivity index (χ4n) is 2.29. The van der Waals surface area contributed by atoms with Crippen molar-refractivity contribution in [3.8, 4) is 0 Å². The van der Waals surface area contributed by atoms with Gasteiger partial charge in [0, 0.05) is 13.0 Å². The normalized spacial score (nSPS) is 13.2. The monoisotopic (exact) mass is 303 g/mol. The molecule has 0 aromatic carbocycles. The molecule has 0 spiro atoms. The quantitative estimate of drug-likeness (QED) is 0.408. The van der Waals surface area contributed by atoms with Crippen molar-refractivity contribution in [2.75, 3.05) is 6.54 Å². The zero-order chi connectivity index (χ0) is 15.4. The van der Waals surface area contributed by atoms with E-state index in [1.54, 1.807) is 0 Å². The van der Waals surface area contributed by atoms with Gasteiger partial charge < -0.3 is 5.32 Å². The molecule has 1 amide bonds. The van der Waals surface area contributed by atoms with Crippen LogP contribution in [-0.4, -0.2) is 17.8 Å². The van der Waals surface area contributed by atoms with Crippen LogP contribution in [0.15, 0.2) is 0 Å². The molecular formula is C17H34ClNO. The number of amides is 1. The minimum absolute atomic E-state index is 0.0352. The molecule has 0 fully saturated rings. The van der Waals surface area contributed by atoms with E-state index >= 15 is 0 Å². The molecule has 2 nitrogen and oxygen atoms in total. The van der Waals surface area contributed by atoms with Gasteiger partial charge in [-0.3, -0.25) is 4.79 Å². The van der Waals surface area contributed by atoms with E-state index < -0.39 is 0 Å². The number of hydrogen-bond acceptors (Lipinski definition) is 1. The zero-order valence-corrected chi connectivity index (χ0v) is 14.7. The maximum atomic E-state index is 11.7. The Morgan fingerprint density at radius 1 is 1.05 bits per heavy atom. The number of rotatable bonds is 11. The van der Waals surface area contributed by atoms with Gasteiger partial charge in [-0.25, -0.2) is 0 Å². The van der Waals surface area contributed by atoms with Gasteiger partial charge in [0.15, 0.2) is 0 Å². The lowest BCUT2D eigenvalue weighted by Gasteiger charge is -2.21. The number of nitrogens with one attached hydrogen (secondary N) is 1. The summed E-state index contributed by atoms with van der Waals surface area (Å²) in [5, 5.41) is 2.98. The molecule has 1 N–H and O–H groups in total. The van der Waals surface area contributed by atoms with Crippen molar-refractivity contribution in [1.29, 1.82) is 0 Å². The Kier molecular flexibility index (Phi) is 11.3. The highest BCUT2D eigenvalue weighted by atomic mass is 35.5. The van der Waals surface area contributed by atoms with E-state index in [9.17, 15) is 4.79 Å². The van der Waals surface area contributed by atoms with E-state index in [0.29, 0.717) is 13.0 Å². The summed E-state index contributed by atoms with van der Waals surface area (Å²) in [5.74, 6) is 0.151. The molecule has 20 heavy (non-hydrogen) atoms. The Labute approximate surface area is 131 Å². The molecule has 1 unspecified atom stereocenters. The second-order valence-electron chi connectivity index (χ2n) is 7.04. The fourth-order valence-corrected chi connectivity index (χ4v) is 2.83. The van der Waals surface area contributed by atoms with Gasteiger partial charge in [-0.05, 0) is 18.3 Å². The molecule has 0 bridgehead atoms. The van der Waals surface area contributed by atoms with E-state index in [-0.39, 0.29) is 16.7 Å². The first-order valence-electron chi connectivity index (χ1n) is 8.26. The molecule has 0 aliphatic carbocycles. The molecule has 0 aromatic heterocycles. The highest BCUT2D eigenvalue weighted by Crippen LogP contribution is 2.23. The van der Waals surface area contributed by atoms with Gasteiger partial charge in [0.25, 0.3) is 0 Å². The van der Waals surface area contributed by atoms with Gasteiger partial charge in [-0.15, -0.1) is 11.6 Å². The summed E-state index contributed by atoms with van der Waals surface area (Å²) in [6.07, 6.45) is 10.3. The van der Waals surface area contributed by atoms with Crippen LogP contribution in [0.1, 0.15) is 85.5 Å². The third-order valence-electron chi connectivity index (χ3n) is 3.36. The standard InChI is InChI=1S/C17H34ClNO/c1-5-6-7-8-9-10-11-12-16(20)19-14-15(18)13-17(2,3)4/h15H,5-14H2,1-4H3,(H,19,20). The zero-order valence-electron chi connectivity index (χ0n) is 13.9. The Morgan fingerprint density at radius 2 is 1.60 bits per heavy atom. The molecule has 3 heteroatoms. The smallest absolute Gasteiger partial charge is 0.220 e. The van der Waals surface area contributed by atoms with E-state index in [1.165, 1.54) is 38.5 Å². The number of alkyl halides is 1. The van der Waals surface area contributed by atoms with Gasteiger partial charge in [0.05, 0.1) is 5.38 Å². The van der Waals surface area contributed by atoms with Crippen LogP contribution in [0.4, 0.5) is 0 Å². The van der Waals surface area contributed by atoms with Crippen LogP contribution in [0.5, 0.6) is 0 Å². The molecule has 0 aromatic rings. The Bertz CT molecular complexity index is 248. The predicted octanol–water partition coefficient (Wildman–Crippen LogP) is 5.29. The number of carbonyl (C=O) groups excluding carboxylic acids is 1. The Hall–Kier alpha value is -0.240. The number of halogens is 1. The first-order chi connectivity index (χ1) is 9.35. The van der Waals surface area contributed by atoms with Gasteiger partial charge >= 0.3 is 0 Å². The van der Waals surface area contributed by atoms with Gasteiger partial charge in [0.1, 0.15) is 0 Å². The van der Waals surface area contributed by atoms with Crippen LogP contribution in [0.25, 0.3) is 0 Å². The summed E-state index contributed by atoms with van der Waals surface area (Å²) >= 11 is 6.23. The number of unbranched alkanes of at least 4 members (excludes halogenated alkanes) is 6. The van der Waals surface area contributed by atoms with Crippen LogP contribution >= 0.6 is 11.6 Å². The molecule has 0 heterocycles. The van der Waals surface area contributed by atoms with E-state index in [4.69, 9.17) is 11.6 Å². The van der Waals surface area contributed by atoms with Gasteiger partial charge in [-0.2, -0.15) is 0 Å². The van der Waals surface area contributed by atoms with Crippen molar-refractivity contribution < 1.29 is 4.79 Å². The van der Waals surface area contributed by atoms with Crippen molar-refractivity contribution in [1.82, 2.24) is 5.32 Å². The molecule has 0 aliphatic rings. The van der Waals surface area contributed by atoms with E-state index in [0.717, 1.165) is 12.8 Å². The molecule has 0 rings (SSSR count). The summed E-state index contributed by atoms with van der Waals surface area (Å²) in [7, 11) is 0. The van der Waals surface area contributed by atoms with Gasteiger partial charge in [-0.1, -0.05) is 66.2 Å². The summed E-state index contributed by atoms with van der Waals surface area (Å²) in [6, 6.07) is 0. The summed E-state index contributed by atoms with van der Waals surface area (Å²) in [4.78, 5) is 11.7. The van der Waals surface area contributed by atoms with Crippen LogP contribution in [0.2, 0.25) is 0 Å². The number of carbonyl (C=O) groups is 1. The first kappa shape index (κ1) is 19.8. The Morgan fingerprint density at radius 3 is 2.15 bits per heavy atom. The second kappa shape index (κ2) is 11.4. The predicted molar refractivity (Wildman–Crippen MR) is 89.3 cm³/mol. The molecule has 0 radical (unpaired) electrons. The SMILES string of the molecule is CCCCCCCCCC(=O)NCC(Cl)CC(C)(C)C. The largest absolute Gasteiger partial charge is 0.355 e. The maximum Gasteiger partial charge on any atom is 0.220 e. The highest BCUT2D eigenvalue weighted by molar-refractivity contribution is 6.20. The Balaban J connectivity index is 3.45. The molecule has 120 valence electrons. The van der Waals surface area contributed by atoms with Crippen molar-refractivity contribution in [2.45, 2.75) is 90.9 Å². The molecule has 0 aliphatic heterocycles. The van der Waals surface area contributed by atoms with Crippen LogP contribution in [-0.2, 0) is 4.79 Å². The minimum atomic E-state index is 0.0352. The summed E-state index contributed by atoms with van der Waals surface area (Å²) < 4.78 is 0. The maximum absolute atomic E-state index is 11.7. The van der Waals surface area contributed by atoms with Gasteiger partial charge in [0.2, 0.25) is 5.91 Å². The third kappa shape index (κ3) is 14.2. The minimum Gasteiger partial charge on any atom is -0.355 e. The van der Waals surface area contributed by atoms with E-state index in [1.807, 2.05) is 0 Å². The van der Waals surface area contributed by atoms with Crippen LogP contribution in [0, 0.1) is 5.41 Å². The fraction of sp³-hybridized carbons (Fsp3) is 0.941. The lowest BCUT2D eigenvalue weighted by Crippen LogP contribution is -2.31. The number of hydrogen-bond donors (Lipinski definition) is 1. The second-order valence-corrected chi connectivity index (χ2v) is 7.65. The average molecular weight is 304 g/mol. The molecule has 1 atom stereocenters. The van der Waals surface area contributed by atoms with Crippen molar-refractivity contribution in [3.63, 3.8) is 0 Å². The van der Waals surface area contributed by atoms with Crippen molar-refractivity contribution in [3.05, 3.63) is 0 Å². The molecule has 0 saturated carbocycles. The average Bonchev–Trinajstić information content (AvgIpc) is 2.33. The van der Waals surface area contributed by atoms with Crippen molar-refractivity contribution in [2.24, 2.45) is 5.41 Å². The molecule has 0 saturated heterocycles. The highest BCUT2D eigenvalue weighted by Gasteiger charge is 2.17. The summed E-state index contributed by atoms with van der Waals surface area (Å²) in [5.41, 5.74) is 0.218. The topological polar surface area (TPSA) is 29.1 Å². The lowest BCUT2D eigenvalue weighted by atomic mass is 9.90. The van der Waals surface area contributed by atoms with Crippen molar-refractivity contribution >= 4 is 17.5 Å².